The Balaban J connectivity index is 2.22. The maximum atomic E-state index is 11.7. The van der Waals surface area contributed by atoms with E-state index in [-0.39, 0.29) is 36.1 Å². The van der Waals surface area contributed by atoms with Crippen LogP contribution in [-0.4, -0.2) is 45.3 Å². The molecule has 0 radical (unpaired) electrons. The molecular formula is C10H11NO4. The Morgan fingerprint density at radius 2 is 2.00 bits per heavy atom. The van der Waals surface area contributed by atoms with Gasteiger partial charge in [0.1, 0.15) is 11.5 Å². The van der Waals surface area contributed by atoms with Gasteiger partial charge in [-0.15, -0.1) is 0 Å². The third-order valence-corrected chi connectivity index (χ3v) is 2.36. The fourth-order valence-corrected chi connectivity index (χ4v) is 1.49. The number of amides is 1. The summed E-state index contributed by atoms with van der Waals surface area (Å²) in [5.41, 5.74) is 0.0573. The molecule has 5 heteroatoms. The van der Waals surface area contributed by atoms with Crippen molar-refractivity contribution in [3.05, 3.63) is 23.8 Å². The maximum absolute atomic E-state index is 11.7. The van der Waals surface area contributed by atoms with Gasteiger partial charge >= 0.3 is 0 Å². The Bertz CT molecular complexity index is 398. The first-order valence-electron chi connectivity index (χ1n) is 4.57. The summed E-state index contributed by atoms with van der Waals surface area (Å²) in [6.45, 7) is 0.544. The van der Waals surface area contributed by atoms with E-state index in [0.29, 0.717) is 0 Å². The molecule has 1 aromatic rings. The van der Waals surface area contributed by atoms with Gasteiger partial charge in [0.15, 0.2) is 0 Å². The minimum absolute atomic E-state index is 0.0573. The summed E-state index contributed by atoms with van der Waals surface area (Å²) in [5, 5.41) is 27.6. The highest BCUT2D eigenvalue weighted by molar-refractivity contribution is 5.97. The van der Waals surface area contributed by atoms with Crippen LogP contribution in [-0.2, 0) is 0 Å². The van der Waals surface area contributed by atoms with Crippen LogP contribution in [0.3, 0.4) is 0 Å². The monoisotopic (exact) mass is 209 g/mol. The van der Waals surface area contributed by atoms with Crippen LogP contribution >= 0.6 is 0 Å². The number of hydrogen-bond acceptors (Lipinski definition) is 4. The van der Waals surface area contributed by atoms with Crippen molar-refractivity contribution < 1.29 is 20.1 Å². The molecule has 1 amide bonds. The summed E-state index contributed by atoms with van der Waals surface area (Å²) >= 11 is 0. The lowest BCUT2D eigenvalue weighted by Gasteiger charge is -2.35. The van der Waals surface area contributed by atoms with E-state index in [1.54, 1.807) is 0 Å². The van der Waals surface area contributed by atoms with Gasteiger partial charge in [0.25, 0.3) is 5.91 Å². The summed E-state index contributed by atoms with van der Waals surface area (Å²) in [5.74, 6) is -0.620. The van der Waals surface area contributed by atoms with Gasteiger partial charge < -0.3 is 20.2 Å². The summed E-state index contributed by atoms with van der Waals surface area (Å²) in [7, 11) is 0. The molecule has 1 fully saturated rings. The van der Waals surface area contributed by atoms with Crippen molar-refractivity contribution in [2.45, 2.75) is 6.10 Å². The first-order valence-corrected chi connectivity index (χ1v) is 4.57. The second-order valence-electron chi connectivity index (χ2n) is 3.57. The fraction of sp³-hybridized carbons (Fsp3) is 0.300. The lowest BCUT2D eigenvalue weighted by atomic mass is 10.1. The van der Waals surface area contributed by atoms with E-state index in [0.717, 1.165) is 0 Å². The predicted octanol–water partition coefficient (Wildman–Crippen LogP) is -0.0855. The van der Waals surface area contributed by atoms with Gasteiger partial charge in [0.2, 0.25) is 0 Å². The second kappa shape index (κ2) is 3.43. The summed E-state index contributed by atoms with van der Waals surface area (Å²) in [6, 6.07) is 3.78. The molecule has 0 aromatic heterocycles. The van der Waals surface area contributed by atoms with Crippen LogP contribution in [0.25, 0.3) is 0 Å². The Morgan fingerprint density at radius 3 is 2.60 bits per heavy atom. The van der Waals surface area contributed by atoms with Gasteiger partial charge in [-0.1, -0.05) is 0 Å². The van der Waals surface area contributed by atoms with E-state index in [2.05, 4.69) is 0 Å². The van der Waals surface area contributed by atoms with Gasteiger partial charge in [-0.3, -0.25) is 4.79 Å². The van der Waals surface area contributed by atoms with E-state index < -0.39 is 6.10 Å². The van der Waals surface area contributed by atoms with Gasteiger partial charge in [0.05, 0.1) is 11.7 Å². The molecule has 0 spiro atoms. The van der Waals surface area contributed by atoms with Gasteiger partial charge in [-0.05, 0) is 18.2 Å². The molecule has 15 heavy (non-hydrogen) atoms. The SMILES string of the molecule is O=C(c1cc(O)ccc1O)N1CC(O)C1. The van der Waals surface area contributed by atoms with Crippen LogP contribution in [0.5, 0.6) is 11.5 Å². The molecule has 5 nitrogen and oxygen atoms in total. The van der Waals surface area contributed by atoms with Crippen molar-refractivity contribution in [2.24, 2.45) is 0 Å². The van der Waals surface area contributed by atoms with Crippen molar-refractivity contribution in [2.75, 3.05) is 13.1 Å². The highest BCUT2D eigenvalue weighted by Gasteiger charge is 2.30. The first kappa shape index (κ1) is 9.79. The zero-order valence-corrected chi connectivity index (χ0v) is 7.92. The Labute approximate surface area is 86.2 Å². The molecule has 1 aliphatic heterocycles. The summed E-state index contributed by atoms with van der Waals surface area (Å²) in [6.07, 6.45) is -0.478. The molecule has 3 N–H and O–H groups in total. The van der Waals surface area contributed by atoms with Crippen LogP contribution < -0.4 is 0 Å². The van der Waals surface area contributed by atoms with E-state index in [4.69, 9.17) is 5.11 Å². The lowest BCUT2D eigenvalue weighted by molar-refractivity contribution is 0.00569. The molecule has 1 aliphatic rings. The van der Waals surface area contributed by atoms with Crippen LogP contribution in [0.2, 0.25) is 0 Å². The number of aliphatic hydroxyl groups excluding tert-OH is 1. The van der Waals surface area contributed by atoms with E-state index in [1.807, 2.05) is 0 Å². The van der Waals surface area contributed by atoms with E-state index in [1.165, 1.54) is 23.1 Å². The number of likely N-dealkylation sites (tertiary alicyclic amines) is 1. The first-order chi connectivity index (χ1) is 7.08. The molecule has 0 unspecified atom stereocenters. The topological polar surface area (TPSA) is 81.0 Å². The van der Waals surface area contributed by atoms with Gasteiger partial charge in [-0.2, -0.15) is 0 Å². The zero-order valence-electron chi connectivity index (χ0n) is 7.92. The zero-order chi connectivity index (χ0) is 11.0. The number of aliphatic hydroxyl groups is 1. The number of phenols is 2. The molecule has 1 aromatic carbocycles. The van der Waals surface area contributed by atoms with Gasteiger partial charge in [-0.25, -0.2) is 0 Å². The average Bonchev–Trinajstić information content (AvgIpc) is 2.16. The molecule has 0 atom stereocenters. The average molecular weight is 209 g/mol. The number of rotatable bonds is 1. The van der Waals surface area contributed by atoms with Crippen molar-refractivity contribution in [3.63, 3.8) is 0 Å². The van der Waals surface area contributed by atoms with Crippen molar-refractivity contribution in [1.82, 2.24) is 4.90 Å². The highest BCUT2D eigenvalue weighted by atomic mass is 16.3. The largest absolute Gasteiger partial charge is 0.508 e. The Hall–Kier alpha value is -1.75. The third kappa shape index (κ3) is 1.73. The van der Waals surface area contributed by atoms with Crippen molar-refractivity contribution >= 4 is 5.91 Å². The molecule has 0 aliphatic carbocycles. The fourth-order valence-electron chi connectivity index (χ4n) is 1.49. The van der Waals surface area contributed by atoms with Gasteiger partial charge in [0, 0.05) is 13.1 Å². The number of phenolic OH excluding ortho intramolecular Hbond substituents is 2. The van der Waals surface area contributed by atoms with Crippen LogP contribution in [0.1, 0.15) is 10.4 Å². The number of carbonyl (C=O) groups excluding carboxylic acids is 1. The van der Waals surface area contributed by atoms with Crippen molar-refractivity contribution in [3.8, 4) is 11.5 Å². The number of β-amino-alcohol motifs (C(OH)–C–C–N with tert-alkyl or cyclic N) is 1. The van der Waals surface area contributed by atoms with E-state index >= 15 is 0 Å². The summed E-state index contributed by atoms with van der Waals surface area (Å²) in [4.78, 5) is 13.1. The maximum Gasteiger partial charge on any atom is 0.257 e. The molecule has 0 saturated carbocycles. The molecule has 80 valence electrons. The minimum Gasteiger partial charge on any atom is -0.508 e. The van der Waals surface area contributed by atoms with Crippen LogP contribution in [0.15, 0.2) is 18.2 Å². The molecule has 2 rings (SSSR count). The quantitative estimate of drug-likeness (QED) is 0.565. The number of carbonyl (C=O) groups is 1. The summed E-state index contributed by atoms with van der Waals surface area (Å²) < 4.78 is 0. The van der Waals surface area contributed by atoms with Crippen LogP contribution in [0, 0.1) is 0 Å². The molecular weight excluding hydrogens is 198 g/mol. The molecule has 0 bridgehead atoms. The van der Waals surface area contributed by atoms with Crippen molar-refractivity contribution in [1.29, 1.82) is 0 Å². The van der Waals surface area contributed by atoms with Crippen LogP contribution in [0.4, 0.5) is 0 Å². The normalized spacial score (nSPS) is 16.2. The molecule has 1 saturated heterocycles. The lowest BCUT2D eigenvalue weighted by Crippen LogP contribution is -2.53. The number of benzene rings is 1. The van der Waals surface area contributed by atoms with E-state index in [9.17, 15) is 15.0 Å². The standard InChI is InChI=1S/C10H11NO4/c12-6-1-2-9(14)8(3-6)10(15)11-4-7(13)5-11/h1-3,7,12-14H,4-5H2. The minimum atomic E-state index is -0.478. The smallest absolute Gasteiger partial charge is 0.257 e. The number of hydrogen-bond donors (Lipinski definition) is 3. The number of nitrogens with zero attached hydrogens (tertiary/aromatic N) is 1. The Morgan fingerprint density at radius 1 is 1.33 bits per heavy atom. The highest BCUT2D eigenvalue weighted by Crippen LogP contribution is 2.25. The second-order valence-corrected chi connectivity index (χ2v) is 3.57. The predicted molar refractivity (Wildman–Crippen MR) is 51.7 cm³/mol. The Kier molecular flexibility index (Phi) is 2.24. The molecule has 1 heterocycles. The number of aromatic hydroxyl groups is 2. The third-order valence-electron chi connectivity index (χ3n) is 2.36.